The normalized spacial score (nSPS) is 10.5. The Balaban J connectivity index is 2.97. The number of unbranched alkanes of at least 4 members (excludes halogenated alkanes) is 3. The molecule has 0 spiro atoms. The van der Waals surface area contributed by atoms with Crippen LogP contribution in [-0.4, -0.2) is 19.1 Å². The average molecular weight is 290 g/mol. The number of carbonyl (C=O) groups excluding carboxylic acids is 1. The van der Waals surface area contributed by atoms with E-state index in [9.17, 15) is 4.79 Å². The standard InChI is InChI=1S/C18H30N2O/c1-6-8-9-10-11-20(18(21)19-7-2)17-15(4)12-14(3)13-16(17)5/h12-13H,6-11H2,1-5H3,(H,19,21). The highest BCUT2D eigenvalue weighted by atomic mass is 16.2. The number of hydrogen-bond acceptors (Lipinski definition) is 1. The number of carbonyl (C=O) groups is 1. The van der Waals surface area contributed by atoms with Crippen LogP contribution in [0.1, 0.15) is 56.2 Å². The van der Waals surface area contributed by atoms with Gasteiger partial charge in [0.15, 0.2) is 0 Å². The maximum Gasteiger partial charge on any atom is 0.321 e. The van der Waals surface area contributed by atoms with Crippen molar-refractivity contribution in [2.24, 2.45) is 0 Å². The van der Waals surface area contributed by atoms with Gasteiger partial charge in [0, 0.05) is 13.1 Å². The minimum atomic E-state index is 0.0176. The summed E-state index contributed by atoms with van der Waals surface area (Å²) in [5.41, 5.74) is 4.67. The fourth-order valence-electron chi connectivity index (χ4n) is 2.86. The van der Waals surface area contributed by atoms with Crippen LogP contribution in [0.15, 0.2) is 12.1 Å². The first kappa shape index (κ1) is 17.5. The molecule has 0 bridgehead atoms. The minimum Gasteiger partial charge on any atom is -0.338 e. The molecule has 0 aliphatic heterocycles. The molecule has 0 fully saturated rings. The zero-order valence-electron chi connectivity index (χ0n) is 14.3. The van der Waals surface area contributed by atoms with Crippen molar-refractivity contribution in [1.29, 1.82) is 0 Å². The van der Waals surface area contributed by atoms with Gasteiger partial charge in [0.1, 0.15) is 0 Å². The predicted octanol–water partition coefficient (Wildman–Crippen LogP) is 4.73. The lowest BCUT2D eigenvalue weighted by Gasteiger charge is -2.27. The second kappa shape index (κ2) is 8.71. The molecular weight excluding hydrogens is 260 g/mol. The number of urea groups is 1. The lowest BCUT2D eigenvalue weighted by atomic mass is 10.0. The Morgan fingerprint density at radius 3 is 2.19 bits per heavy atom. The average Bonchev–Trinajstić information content (AvgIpc) is 2.40. The molecule has 3 heteroatoms. The number of nitrogens with one attached hydrogen (secondary N) is 1. The van der Waals surface area contributed by atoms with Crippen molar-refractivity contribution in [3.63, 3.8) is 0 Å². The number of nitrogens with zero attached hydrogens (tertiary/aromatic N) is 1. The number of rotatable bonds is 7. The molecule has 1 aromatic carbocycles. The molecule has 3 nitrogen and oxygen atoms in total. The van der Waals surface area contributed by atoms with Crippen LogP contribution in [0, 0.1) is 20.8 Å². The maximum atomic E-state index is 12.4. The molecule has 1 rings (SSSR count). The summed E-state index contributed by atoms with van der Waals surface area (Å²) in [6.45, 7) is 11.9. The van der Waals surface area contributed by atoms with E-state index in [1.165, 1.54) is 36.0 Å². The molecule has 0 saturated heterocycles. The lowest BCUT2D eigenvalue weighted by Crippen LogP contribution is -2.41. The van der Waals surface area contributed by atoms with E-state index in [4.69, 9.17) is 0 Å². The zero-order chi connectivity index (χ0) is 15.8. The summed E-state index contributed by atoms with van der Waals surface area (Å²) in [7, 11) is 0. The van der Waals surface area contributed by atoms with Crippen LogP contribution < -0.4 is 10.2 Å². The molecule has 21 heavy (non-hydrogen) atoms. The fourth-order valence-corrected chi connectivity index (χ4v) is 2.86. The molecule has 0 aliphatic rings. The van der Waals surface area contributed by atoms with Gasteiger partial charge in [-0.3, -0.25) is 4.90 Å². The minimum absolute atomic E-state index is 0.0176. The van der Waals surface area contributed by atoms with Crippen molar-refractivity contribution in [3.05, 3.63) is 28.8 Å². The highest BCUT2D eigenvalue weighted by molar-refractivity contribution is 5.93. The van der Waals surface area contributed by atoms with Crippen LogP contribution in [0.4, 0.5) is 10.5 Å². The molecule has 0 radical (unpaired) electrons. The van der Waals surface area contributed by atoms with Crippen molar-refractivity contribution in [3.8, 4) is 0 Å². The second-order valence-corrected chi connectivity index (χ2v) is 5.80. The highest BCUT2D eigenvalue weighted by Crippen LogP contribution is 2.27. The summed E-state index contributed by atoms with van der Waals surface area (Å²) < 4.78 is 0. The largest absolute Gasteiger partial charge is 0.338 e. The van der Waals surface area contributed by atoms with E-state index >= 15 is 0 Å². The number of hydrogen-bond donors (Lipinski definition) is 1. The van der Waals surface area contributed by atoms with Crippen LogP contribution in [0.2, 0.25) is 0 Å². The number of amides is 2. The van der Waals surface area contributed by atoms with Gasteiger partial charge >= 0.3 is 6.03 Å². The van der Waals surface area contributed by atoms with E-state index in [-0.39, 0.29) is 6.03 Å². The van der Waals surface area contributed by atoms with Gasteiger partial charge in [-0.25, -0.2) is 4.79 Å². The summed E-state index contributed by atoms with van der Waals surface area (Å²) in [5.74, 6) is 0. The van der Waals surface area contributed by atoms with Crippen molar-refractivity contribution < 1.29 is 4.79 Å². The summed E-state index contributed by atoms with van der Waals surface area (Å²) >= 11 is 0. The van der Waals surface area contributed by atoms with Gasteiger partial charge in [-0.15, -0.1) is 0 Å². The third-order valence-electron chi connectivity index (χ3n) is 3.71. The van der Waals surface area contributed by atoms with Gasteiger partial charge in [-0.1, -0.05) is 43.9 Å². The molecule has 118 valence electrons. The van der Waals surface area contributed by atoms with Gasteiger partial charge in [0.25, 0.3) is 0 Å². The van der Waals surface area contributed by atoms with Crippen LogP contribution >= 0.6 is 0 Å². The molecule has 0 unspecified atom stereocenters. The summed E-state index contributed by atoms with van der Waals surface area (Å²) in [5, 5.41) is 2.94. The molecule has 0 saturated carbocycles. The molecular formula is C18H30N2O. The maximum absolute atomic E-state index is 12.4. The summed E-state index contributed by atoms with van der Waals surface area (Å²) in [6, 6.07) is 4.32. The Hall–Kier alpha value is -1.51. The molecule has 0 heterocycles. The van der Waals surface area contributed by atoms with Crippen LogP contribution in [-0.2, 0) is 0 Å². The lowest BCUT2D eigenvalue weighted by molar-refractivity contribution is 0.246. The van der Waals surface area contributed by atoms with E-state index in [0.29, 0.717) is 6.54 Å². The van der Waals surface area contributed by atoms with Crippen molar-refractivity contribution in [2.45, 2.75) is 60.3 Å². The van der Waals surface area contributed by atoms with Crippen molar-refractivity contribution >= 4 is 11.7 Å². The van der Waals surface area contributed by atoms with Gasteiger partial charge in [0.2, 0.25) is 0 Å². The smallest absolute Gasteiger partial charge is 0.321 e. The van der Waals surface area contributed by atoms with Crippen molar-refractivity contribution in [2.75, 3.05) is 18.0 Å². The third kappa shape index (κ3) is 5.07. The Kier molecular flexibility index (Phi) is 7.27. The summed E-state index contributed by atoms with van der Waals surface area (Å²) in [6.07, 6.45) is 4.67. The zero-order valence-corrected chi connectivity index (χ0v) is 14.3. The van der Waals surface area contributed by atoms with E-state index < -0.39 is 0 Å². The van der Waals surface area contributed by atoms with E-state index in [1.54, 1.807) is 0 Å². The molecule has 0 aromatic heterocycles. The topological polar surface area (TPSA) is 32.3 Å². The number of benzene rings is 1. The first-order valence-electron chi connectivity index (χ1n) is 8.14. The predicted molar refractivity (Wildman–Crippen MR) is 91.2 cm³/mol. The van der Waals surface area contributed by atoms with Crippen LogP contribution in [0.25, 0.3) is 0 Å². The molecule has 1 aromatic rings. The molecule has 2 amide bonds. The SMILES string of the molecule is CCCCCCN(C(=O)NCC)c1c(C)cc(C)cc1C. The quantitative estimate of drug-likeness (QED) is 0.723. The first-order chi connectivity index (χ1) is 10.0. The van der Waals surface area contributed by atoms with Gasteiger partial charge in [-0.2, -0.15) is 0 Å². The number of aryl methyl sites for hydroxylation is 3. The fraction of sp³-hybridized carbons (Fsp3) is 0.611. The highest BCUT2D eigenvalue weighted by Gasteiger charge is 2.18. The third-order valence-corrected chi connectivity index (χ3v) is 3.71. The molecule has 0 atom stereocenters. The first-order valence-corrected chi connectivity index (χ1v) is 8.14. The Morgan fingerprint density at radius 2 is 1.67 bits per heavy atom. The Bertz CT molecular complexity index is 445. The summed E-state index contributed by atoms with van der Waals surface area (Å²) in [4.78, 5) is 14.3. The van der Waals surface area contributed by atoms with Crippen molar-refractivity contribution in [1.82, 2.24) is 5.32 Å². The van der Waals surface area contributed by atoms with Crippen LogP contribution in [0.3, 0.4) is 0 Å². The second-order valence-electron chi connectivity index (χ2n) is 5.80. The van der Waals surface area contributed by atoms with E-state index in [2.05, 4.69) is 45.1 Å². The molecule has 1 N–H and O–H groups in total. The Labute approximate surface area is 129 Å². The monoisotopic (exact) mass is 290 g/mol. The van der Waals surface area contributed by atoms with E-state index in [1.807, 2.05) is 11.8 Å². The van der Waals surface area contributed by atoms with Crippen LogP contribution in [0.5, 0.6) is 0 Å². The Morgan fingerprint density at radius 1 is 1.05 bits per heavy atom. The number of anilines is 1. The van der Waals surface area contributed by atoms with Gasteiger partial charge in [0.05, 0.1) is 5.69 Å². The molecule has 0 aliphatic carbocycles. The van der Waals surface area contributed by atoms with Gasteiger partial charge < -0.3 is 5.32 Å². The van der Waals surface area contributed by atoms with Gasteiger partial charge in [-0.05, 0) is 45.2 Å². The van der Waals surface area contributed by atoms with E-state index in [0.717, 1.165) is 18.7 Å².